The van der Waals surface area contributed by atoms with Crippen LogP contribution in [0.15, 0.2) is 53.6 Å². The zero-order valence-corrected chi connectivity index (χ0v) is 16.3. The normalized spacial score (nSPS) is 12.1. The predicted molar refractivity (Wildman–Crippen MR) is 100 cm³/mol. The first-order valence-corrected chi connectivity index (χ1v) is 9.97. The number of benzene rings is 2. The fourth-order valence-corrected chi connectivity index (χ4v) is 4.50. The summed E-state index contributed by atoms with van der Waals surface area (Å²) in [4.78, 5) is 10.3. The molecule has 7 nitrogen and oxygen atoms in total. The molecule has 30 heavy (non-hydrogen) atoms. The second kappa shape index (κ2) is 7.90. The van der Waals surface area contributed by atoms with Crippen LogP contribution in [0.5, 0.6) is 11.5 Å². The highest BCUT2D eigenvalue weighted by Crippen LogP contribution is 2.34. The SMILES string of the molecule is COc1ccc2c(c1)c(CCC(=O)O)cn2S(=O)(=O)c1ccccc1OC(F)(F)F. The van der Waals surface area contributed by atoms with Crippen molar-refractivity contribution in [3.05, 3.63) is 54.2 Å². The Morgan fingerprint density at radius 1 is 1.17 bits per heavy atom. The number of carboxylic acid groups (broad SMARTS) is 1. The first kappa shape index (κ1) is 21.5. The first-order valence-electron chi connectivity index (χ1n) is 8.53. The van der Waals surface area contributed by atoms with Crippen LogP contribution < -0.4 is 9.47 Å². The van der Waals surface area contributed by atoms with Gasteiger partial charge in [0.15, 0.2) is 0 Å². The van der Waals surface area contributed by atoms with Gasteiger partial charge in [0.25, 0.3) is 10.0 Å². The maximum absolute atomic E-state index is 13.2. The van der Waals surface area contributed by atoms with Crippen LogP contribution in [0.4, 0.5) is 13.2 Å². The van der Waals surface area contributed by atoms with Crippen LogP contribution >= 0.6 is 0 Å². The third-order valence-electron chi connectivity index (χ3n) is 4.28. The molecule has 0 radical (unpaired) electrons. The number of fused-ring (bicyclic) bond motifs is 1. The quantitative estimate of drug-likeness (QED) is 0.597. The summed E-state index contributed by atoms with van der Waals surface area (Å²) in [7, 11) is -3.09. The van der Waals surface area contributed by atoms with Gasteiger partial charge in [0.2, 0.25) is 0 Å². The van der Waals surface area contributed by atoms with Crippen molar-refractivity contribution < 1.29 is 41.0 Å². The molecule has 1 N–H and O–H groups in total. The van der Waals surface area contributed by atoms with Gasteiger partial charge in [-0.2, -0.15) is 0 Å². The molecule has 0 atom stereocenters. The molecule has 3 rings (SSSR count). The van der Waals surface area contributed by atoms with Gasteiger partial charge in [-0.15, -0.1) is 13.2 Å². The third kappa shape index (κ3) is 4.35. The molecule has 0 fully saturated rings. The van der Waals surface area contributed by atoms with Gasteiger partial charge in [-0.25, -0.2) is 12.4 Å². The summed E-state index contributed by atoms with van der Waals surface area (Å²) in [6.07, 6.45) is -4.12. The van der Waals surface area contributed by atoms with E-state index >= 15 is 0 Å². The number of carboxylic acids is 1. The summed E-state index contributed by atoms with van der Waals surface area (Å²) < 4.78 is 74.5. The Bertz CT molecular complexity index is 1200. The van der Waals surface area contributed by atoms with E-state index in [0.717, 1.165) is 16.1 Å². The Morgan fingerprint density at radius 2 is 1.87 bits per heavy atom. The molecular weight excluding hydrogens is 427 g/mol. The van der Waals surface area contributed by atoms with E-state index in [4.69, 9.17) is 9.84 Å². The molecule has 0 unspecified atom stereocenters. The predicted octanol–water partition coefficient (Wildman–Crippen LogP) is 3.80. The number of rotatable bonds is 7. The maximum Gasteiger partial charge on any atom is 0.573 e. The van der Waals surface area contributed by atoms with Crippen molar-refractivity contribution in [2.24, 2.45) is 0 Å². The fourth-order valence-electron chi connectivity index (χ4n) is 2.99. The smallest absolute Gasteiger partial charge is 0.497 e. The van der Waals surface area contributed by atoms with Crippen LogP contribution in [0.1, 0.15) is 12.0 Å². The highest BCUT2D eigenvalue weighted by Gasteiger charge is 2.34. The summed E-state index contributed by atoms with van der Waals surface area (Å²) in [6, 6.07) is 8.86. The minimum Gasteiger partial charge on any atom is -0.497 e. The summed E-state index contributed by atoms with van der Waals surface area (Å²) >= 11 is 0. The molecular formula is C19H16F3NO6S. The number of carbonyl (C=O) groups is 1. The Balaban J connectivity index is 2.20. The van der Waals surface area contributed by atoms with E-state index in [1.54, 1.807) is 0 Å². The summed E-state index contributed by atoms with van der Waals surface area (Å²) in [6.45, 7) is 0. The lowest BCUT2D eigenvalue weighted by Gasteiger charge is -2.14. The Labute approximate surface area is 169 Å². The average molecular weight is 443 g/mol. The fraction of sp³-hybridized carbons (Fsp3) is 0.211. The third-order valence-corrected chi connectivity index (χ3v) is 5.99. The molecule has 0 saturated carbocycles. The number of methoxy groups -OCH3 is 1. The molecule has 0 saturated heterocycles. The molecule has 1 heterocycles. The van der Waals surface area contributed by atoms with E-state index in [0.29, 0.717) is 16.7 Å². The highest BCUT2D eigenvalue weighted by molar-refractivity contribution is 7.90. The van der Waals surface area contributed by atoms with Gasteiger partial charge in [0.1, 0.15) is 16.4 Å². The second-order valence-electron chi connectivity index (χ2n) is 6.23. The van der Waals surface area contributed by atoms with E-state index in [1.807, 2.05) is 0 Å². The molecule has 0 aliphatic rings. The minimum atomic E-state index is -5.08. The number of ether oxygens (including phenoxy) is 2. The van der Waals surface area contributed by atoms with Crippen LogP contribution in [0.25, 0.3) is 10.9 Å². The lowest BCUT2D eigenvalue weighted by molar-refractivity contribution is -0.275. The number of hydrogen-bond acceptors (Lipinski definition) is 5. The molecule has 3 aromatic rings. The Kier molecular flexibility index (Phi) is 5.66. The lowest BCUT2D eigenvalue weighted by Crippen LogP contribution is -2.20. The Morgan fingerprint density at radius 3 is 2.50 bits per heavy atom. The average Bonchev–Trinajstić information content (AvgIpc) is 3.04. The Hall–Kier alpha value is -3.21. The van der Waals surface area contributed by atoms with Crippen LogP contribution in [-0.2, 0) is 21.2 Å². The van der Waals surface area contributed by atoms with Gasteiger partial charge >= 0.3 is 12.3 Å². The molecule has 0 spiro atoms. The largest absolute Gasteiger partial charge is 0.573 e. The van der Waals surface area contributed by atoms with E-state index in [-0.39, 0.29) is 18.4 Å². The van der Waals surface area contributed by atoms with Crippen LogP contribution in [0.2, 0.25) is 0 Å². The van der Waals surface area contributed by atoms with Crippen molar-refractivity contribution in [1.29, 1.82) is 0 Å². The second-order valence-corrected chi connectivity index (χ2v) is 8.01. The number of halogens is 3. The summed E-state index contributed by atoms with van der Waals surface area (Å²) in [5.74, 6) is -1.53. The number of aryl methyl sites for hydroxylation is 1. The number of nitrogens with zero attached hydrogens (tertiary/aromatic N) is 1. The monoisotopic (exact) mass is 443 g/mol. The molecule has 0 aliphatic heterocycles. The summed E-state index contributed by atoms with van der Waals surface area (Å²) in [5.41, 5.74) is 0.557. The molecule has 1 aromatic heterocycles. The van der Waals surface area contributed by atoms with Gasteiger partial charge < -0.3 is 14.6 Å². The minimum absolute atomic E-state index is 0.0161. The molecule has 0 bridgehead atoms. The lowest BCUT2D eigenvalue weighted by atomic mass is 10.1. The van der Waals surface area contributed by atoms with Crippen molar-refractivity contribution >= 4 is 26.9 Å². The number of hydrogen-bond donors (Lipinski definition) is 1. The number of alkyl halides is 3. The van der Waals surface area contributed by atoms with E-state index in [2.05, 4.69) is 4.74 Å². The van der Waals surface area contributed by atoms with Crippen molar-refractivity contribution in [3.8, 4) is 11.5 Å². The van der Waals surface area contributed by atoms with Crippen LogP contribution in [-0.4, -0.2) is 36.9 Å². The molecule has 0 aliphatic carbocycles. The number of aromatic nitrogens is 1. The van der Waals surface area contributed by atoms with Crippen molar-refractivity contribution in [2.75, 3.05) is 7.11 Å². The molecule has 2 aromatic carbocycles. The van der Waals surface area contributed by atoms with Crippen LogP contribution in [0.3, 0.4) is 0 Å². The van der Waals surface area contributed by atoms with Gasteiger partial charge in [-0.1, -0.05) is 12.1 Å². The van der Waals surface area contributed by atoms with Gasteiger partial charge in [0.05, 0.1) is 12.6 Å². The van der Waals surface area contributed by atoms with Crippen molar-refractivity contribution in [1.82, 2.24) is 3.97 Å². The van der Waals surface area contributed by atoms with E-state index < -0.39 is 33.0 Å². The number of para-hydroxylation sites is 1. The van der Waals surface area contributed by atoms with E-state index in [1.165, 1.54) is 43.6 Å². The van der Waals surface area contributed by atoms with Crippen LogP contribution in [0, 0.1) is 0 Å². The van der Waals surface area contributed by atoms with Gasteiger partial charge in [-0.3, -0.25) is 4.79 Å². The van der Waals surface area contributed by atoms with Gasteiger partial charge in [0, 0.05) is 18.0 Å². The van der Waals surface area contributed by atoms with Crippen molar-refractivity contribution in [3.63, 3.8) is 0 Å². The number of aliphatic carboxylic acids is 1. The summed E-state index contributed by atoms with van der Waals surface area (Å²) in [5, 5.41) is 9.37. The molecule has 0 amide bonds. The van der Waals surface area contributed by atoms with Gasteiger partial charge in [-0.05, 0) is 42.3 Å². The van der Waals surface area contributed by atoms with E-state index in [9.17, 15) is 26.4 Å². The molecule has 160 valence electrons. The zero-order valence-electron chi connectivity index (χ0n) is 15.5. The standard InChI is InChI=1S/C19H16F3NO6S/c1-28-13-7-8-15-14(10-13)12(6-9-18(24)25)11-23(15)30(26,27)17-5-3-2-4-16(17)29-19(20,21)22/h2-5,7-8,10-11H,6,9H2,1H3,(H,24,25). The zero-order chi connectivity index (χ0) is 22.1. The molecule has 11 heteroatoms. The first-order chi connectivity index (χ1) is 14.0. The maximum atomic E-state index is 13.2. The topological polar surface area (TPSA) is 94.8 Å². The highest BCUT2D eigenvalue weighted by atomic mass is 32.2. The van der Waals surface area contributed by atoms with Crippen molar-refractivity contribution in [2.45, 2.75) is 24.1 Å².